The van der Waals surface area contributed by atoms with Gasteiger partial charge in [0.25, 0.3) is 5.91 Å². The number of imidazole rings is 1. The van der Waals surface area contributed by atoms with Crippen LogP contribution in [0.3, 0.4) is 0 Å². The van der Waals surface area contributed by atoms with Crippen molar-refractivity contribution in [1.29, 1.82) is 0 Å². The lowest BCUT2D eigenvalue weighted by Gasteiger charge is -2.22. The monoisotopic (exact) mass is 352 g/mol. The highest BCUT2D eigenvalue weighted by molar-refractivity contribution is 5.92. The topological polar surface area (TPSA) is 63.1 Å². The third-order valence-corrected chi connectivity index (χ3v) is 4.13. The van der Waals surface area contributed by atoms with Gasteiger partial charge in [0.05, 0.1) is 12.9 Å². The van der Waals surface area contributed by atoms with E-state index in [1.165, 1.54) is 0 Å². The zero-order chi connectivity index (χ0) is 18.2. The molecule has 0 spiro atoms. The quantitative estimate of drug-likeness (QED) is 0.642. The van der Waals surface area contributed by atoms with E-state index in [2.05, 4.69) is 9.97 Å². The van der Waals surface area contributed by atoms with Crippen molar-refractivity contribution in [3.8, 4) is 5.75 Å². The molecule has 0 aliphatic carbocycles. The molecule has 1 amide bonds. The Balaban J connectivity index is 1.66. The van der Waals surface area contributed by atoms with Crippen molar-refractivity contribution in [1.82, 2.24) is 19.4 Å². The summed E-state index contributed by atoms with van der Waals surface area (Å²) >= 11 is 0. The van der Waals surface area contributed by atoms with Crippen molar-refractivity contribution in [2.75, 3.05) is 13.2 Å². The molecule has 3 rings (SSSR count). The molecule has 0 unspecified atom stereocenters. The normalized spacial score (nSPS) is 10.7. The van der Waals surface area contributed by atoms with Crippen molar-refractivity contribution in [2.24, 2.45) is 0 Å². The summed E-state index contributed by atoms with van der Waals surface area (Å²) in [5.74, 6) is 0.855. The summed E-state index contributed by atoms with van der Waals surface area (Å²) in [6.07, 6.45) is 8.13. The van der Waals surface area contributed by atoms with Gasteiger partial charge in [-0.1, -0.05) is 12.1 Å². The van der Waals surface area contributed by atoms with Gasteiger partial charge in [0, 0.05) is 38.2 Å². The molecular formula is C20H24N4O2. The van der Waals surface area contributed by atoms with Crippen LogP contribution < -0.4 is 4.74 Å². The van der Waals surface area contributed by atoms with Gasteiger partial charge in [0.1, 0.15) is 11.4 Å². The maximum absolute atomic E-state index is 12.8. The summed E-state index contributed by atoms with van der Waals surface area (Å²) in [5, 5.41) is 0. The highest BCUT2D eigenvalue weighted by Crippen LogP contribution is 2.15. The molecule has 0 aliphatic heterocycles. The molecule has 1 N–H and O–H groups in total. The number of hydrogen-bond donors (Lipinski definition) is 1. The van der Waals surface area contributed by atoms with Gasteiger partial charge in [0.2, 0.25) is 0 Å². The Labute approximate surface area is 153 Å². The van der Waals surface area contributed by atoms with Crippen LogP contribution in [-0.2, 0) is 13.1 Å². The Hall–Kier alpha value is -3.02. The number of nitrogens with one attached hydrogen (secondary N) is 1. The van der Waals surface area contributed by atoms with Crippen LogP contribution in [0.2, 0.25) is 0 Å². The fourth-order valence-corrected chi connectivity index (χ4v) is 2.83. The predicted molar refractivity (Wildman–Crippen MR) is 100.0 cm³/mol. The molecule has 3 aromatic rings. The van der Waals surface area contributed by atoms with Crippen LogP contribution in [0, 0.1) is 0 Å². The van der Waals surface area contributed by atoms with E-state index in [0.717, 1.165) is 24.3 Å². The second-order valence-corrected chi connectivity index (χ2v) is 6.04. The van der Waals surface area contributed by atoms with Gasteiger partial charge in [-0.25, -0.2) is 4.98 Å². The number of amides is 1. The standard InChI is InChI=1S/C20H24N4O2/c1-2-26-18-8-6-17(7-9-18)15-24(20(25)19-5-3-10-22-19)13-4-12-23-14-11-21-16-23/h3,5-11,14,16,22H,2,4,12-13,15H2,1H3. The number of benzene rings is 1. The van der Waals surface area contributed by atoms with Crippen LogP contribution in [0.4, 0.5) is 0 Å². The Morgan fingerprint density at radius 2 is 2.12 bits per heavy atom. The largest absolute Gasteiger partial charge is 0.494 e. The summed E-state index contributed by atoms with van der Waals surface area (Å²) < 4.78 is 7.51. The van der Waals surface area contributed by atoms with Crippen molar-refractivity contribution in [2.45, 2.75) is 26.4 Å². The molecule has 2 aromatic heterocycles. The fourth-order valence-electron chi connectivity index (χ4n) is 2.83. The molecular weight excluding hydrogens is 328 g/mol. The van der Waals surface area contributed by atoms with Crippen LogP contribution in [0.25, 0.3) is 0 Å². The number of aryl methyl sites for hydroxylation is 1. The molecule has 0 bridgehead atoms. The molecule has 6 nitrogen and oxygen atoms in total. The molecule has 26 heavy (non-hydrogen) atoms. The summed E-state index contributed by atoms with van der Waals surface area (Å²) in [6, 6.07) is 11.6. The first-order valence-electron chi connectivity index (χ1n) is 8.86. The Morgan fingerprint density at radius 3 is 2.77 bits per heavy atom. The van der Waals surface area contributed by atoms with E-state index in [1.807, 2.05) is 59.0 Å². The summed E-state index contributed by atoms with van der Waals surface area (Å²) in [7, 11) is 0. The fraction of sp³-hybridized carbons (Fsp3) is 0.300. The molecule has 0 atom stereocenters. The van der Waals surface area contributed by atoms with Crippen molar-refractivity contribution >= 4 is 5.91 Å². The SMILES string of the molecule is CCOc1ccc(CN(CCCn2ccnc2)C(=O)c2ccc[nH]2)cc1. The highest BCUT2D eigenvalue weighted by atomic mass is 16.5. The second-order valence-electron chi connectivity index (χ2n) is 6.04. The summed E-state index contributed by atoms with van der Waals surface area (Å²) in [5.41, 5.74) is 1.69. The maximum atomic E-state index is 12.8. The van der Waals surface area contributed by atoms with E-state index in [1.54, 1.807) is 18.7 Å². The average Bonchev–Trinajstić information content (AvgIpc) is 3.36. The van der Waals surface area contributed by atoms with Crippen LogP contribution >= 0.6 is 0 Å². The lowest BCUT2D eigenvalue weighted by atomic mass is 10.2. The van der Waals surface area contributed by atoms with Gasteiger partial charge in [0.15, 0.2) is 0 Å². The molecule has 0 saturated carbocycles. The van der Waals surface area contributed by atoms with E-state index >= 15 is 0 Å². The number of H-pyrrole nitrogens is 1. The van der Waals surface area contributed by atoms with E-state index < -0.39 is 0 Å². The number of carbonyl (C=O) groups excluding carboxylic acids is 1. The average molecular weight is 352 g/mol. The molecule has 1 aromatic carbocycles. The number of aromatic amines is 1. The van der Waals surface area contributed by atoms with Crippen LogP contribution in [0.5, 0.6) is 5.75 Å². The third-order valence-electron chi connectivity index (χ3n) is 4.13. The number of hydrogen-bond acceptors (Lipinski definition) is 3. The Bertz CT molecular complexity index is 780. The number of nitrogens with zero attached hydrogens (tertiary/aromatic N) is 3. The lowest BCUT2D eigenvalue weighted by molar-refractivity contribution is 0.0734. The number of carbonyl (C=O) groups is 1. The molecule has 136 valence electrons. The van der Waals surface area contributed by atoms with E-state index in [4.69, 9.17) is 4.74 Å². The predicted octanol–water partition coefficient (Wildman–Crippen LogP) is 3.34. The molecule has 2 heterocycles. The van der Waals surface area contributed by atoms with Gasteiger partial charge in [-0.3, -0.25) is 4.79 Å². The minimum Gasteiger partial charge on any atom is -0.494 e. The lowest BCUT2D eigenvalue weighted by Crippen LogP contribution is -2.32. The summed E-state index contributed by atoms with van der Waals surface area (Å²) in [4.78, 5) is 21.8. The van der Waals surface area contributed by atoms with Gasteiger partial charge in [-0.05, 0) is 43.2 Å². The third kappa shape index (κ3) is 4.75. The van der Waals surface area contributed by atoms with E-state index in [9.17, 15) is 4.79 Å². The first kappa shape index (κ1) is 17.8. The first-order chi connectivity index (χ1) is 12.8. The maximum Gasteiger partial charge on any atom is 0.270 e. The van der Waals surface area contributed by atoms with E-state index in [-0.39, 0.29) is 5.91 Å². The Morgan fingerprint density at radius 1 is 1.27 bits per heavy atom. The number of rotatable bonds is 9. The highest BCUT2D eigenvalue weighted by Gasteiger charge is 2.16. The molecule has 0 radical (unpaired) electrons. The van der Waals surface area contributed by atoms with Gasteiger partial charge in [-0.15, -0.1) is 0 Å². The molecule has 0 aliphatic rings. The van der Waals surface area contributed by atoms with E-state index in [0.29, 0.717) is 25.4 Å². The summed E-state index contributed by atoms with van der Waals surface area (Å²) in [6.45, 7) is 4.67. The Kier molecular flexibility index (Phi) is 6.09. The zero-order valence-corrected chi connectivity index (χ0v) is 15.0. The van der Waals surface area contributed by atoms with Crippen molar-refractivity contribution < 1.29 is 9.53 Å². The second kappa shape index (κ2) is 8.89. The van der Waals surface area contributed by atoms with Crippen LogP contribution in [-0.4, -0.2) is 38.5 Å². The van der Waals surface area contributed by atoms with Gasteiger partial charge in [-0.2, -0.15) is 0 Å². The van der Waals surface area contributed by atoms with Gasteiger partial charge >= 0.3 is 0 Å². The minimum atomic E-state index is 0.00881. The first-order valence-corrected chi connectivity index (χ1v) is 8.86. The molecule has 0 saturated heterocycles. The van der Waals surface area contributed by atoms with Crippen LogP contribution in [0.15, 0.2) is 61.3 Å². The van der Waals surface area contributed by atoms with Gasteiger partial charge < -0.3 is 19.2 Å². The minimum absolute atomic E-state index is 0.00881. The molecule has 6 heteroatoms. The van der Waals surface area contributed by atoms with Crippen molar-refractivity contribution in [3.05, 3.63) is 72.6 Å². The number of ether oxygens (including phenoxy) is 1. The van der Waals surface area contributed by atoms with Crippen LogP contribution in [0.1, 0.15) is 29.4 Å². The molecule has 0 fully saturated rings. The smallest absolute Gasteiger partial charge is 0.270 e. The van der Waals surface area contributed by atoms with Crippen molar-refractivity contribution in [3.63, 3.8) is 0 Å². The number of aromatic nitrogens is 3. The zero-order valence-electron chi connectivity index (χ0n) is 15.0.